The van der Waals surface area contributed by atoms with Crippen molar-refractivity contribution in [2.24, 2.45) is 0 Å². The van der Waals surface area contributed by atoms with Gasteiger partial charge in [0.2, 0.25) is 10.0 Å². The molecule has 0 saturated heterocycles. The second-order valence-electron chi connectivity index (χ2n) is 3.56. The van der Waals surface area contributed by atoms with Crippen LogP contribution in [0.3, 0.4) is 0 Å². The zero-order valence-corrected chi connectivity index (χ0v) is 11.0. The molecule has 4 N–H and O–H groups in total. The predicted molar refractivity (Wildman–Crippen MR) is 65.7 cm³/mol. The molecule has 0 rings (SSSR count). The maximum atomic E-state index is 11.2. The molecule has 0 saturated carbocycles. The number of amides is 2. The van der Waals surface area contributed by atoms with Crippen molar-refractivity contribution >= 4 is 22.0 Å². The normalized spacial score (nSPS) is 10.9. The fourth-order valence-corrected chi connectivity index (χ4v) is 1.64. The Morgan fingerprint density at radius 1 is 1.11 bits per heavy atom. The number of rotatable bonds is 9. The summed E-state index contributed by atoms with van der Waals surface area (Å²) in [5, 5.41) is 13.3. The Labute approximate surface area is 106 Å². The van der Waals surface area contributed by atoms with Crippen LogP contribution < -0.4 is 15.4 Å². The maximum absolute atomic E-state index is 11.2. The molecule has 18 heavy (non-hydrogen) atoms. The van der Waals surface area contributed by atoms with Crippen LogP contribution in [0.5, 0.6) is 0 Å². The number of aliphatic carboxylic acids is 1. The molecule has 0 bridgehead atoms. The molecule has 2 amide bonds. The number of sulfonamides is 1. The van der Waals surface area contributed by atoms with Gasteiger partial charge >= 0.3 is 12.0 Å². The van der Waals surface area contributed by atoms with E-state index in [2.05, 4.69) is 15.4 Å². The van der Waals surface area contributed by atoms with Crippen LogP contribution in [0.4, 0.5) is 4.79 Å². The number of unbranched alkanes of at least 4 members (excludes halogenated alkanes) is 1. The van der Waals surface area contributed by atoms with Crippen molar-refractivity contribution in [1.82, 2.24) is 15.4 Å². The van der Waals surface area contributed by atoms with Gasteiger partial charge in [-0.05, 0) is 19.9 Å². The number of urea groups is 1. The van der Waals surface area contributed by atoms with Crippen LogP contribution >= 0.6 is 0 Å². The molecule has 0 fully saturated rings. The van der Waals surface area contributed by atoms with E-state index in [1.807, 2.05) is 0 Å². The summed E-state index contributed by atoms with van der Waals surface area (Å²) in [6, 6.07) is -0.461. The van der Waals surface area contributed by atoms with Crippen LogP contribution in [-0.4, -0.2) is 51.4 Å². The van der Waals surface area contributed by atoms with Crippen LogP contribution in [0.1, 0.15) is 19.3 Å². The summed E-state index contributed by atoms with van der Waals surface area (Å²) in [4.78, 5) is 21.4. The van der Waals surface area contributed by atoms with Gasteiger partial charge in [0.15, 0.2) is 0 Å². The fourth-order valence-electron chi connectivity index (χ4n) is 1.07. The van der Waals surface area contributed by atoms with E-state index in [1.54, 1.807) is 0 Å². The zero-order chi connectivity index (χ0) is 14.0. The third kappa shape index (κ3) is 9.85. The van der Waals surface area contributed by atoms with Gasteiger partial charge in [-0.1, -0.05) is 0 Å². The van der Waals surface area contributed by atoms with E-state index in [1.165, 1.54) is 7.05 Å². The quantitative estimate of drug-likeness (QED) is 0.407. The van der Waals surface area contributed by atoms with Crippen LogP contribution in [0.15, 0.2) is 0 Å². The Kier molecular flexibility index (Phi) is 8.05. The highest BCUT2D eigenvalue weighted by molar-refractivity contribution is 7.89. The zero-order valence-electron chi connectivity index (χ0n) is 10.2. The van der Waals surface area contributed by atoms with E-state index in [0.717, 1.165) is 0 Å². The highest BCUT2D eigenvalue weighted by atomic mass is 32.2. The van der Waals surface area contributed by atoms with E-state index in [-0.39, 0.29) is 18.7 Å². The Balaban J connectivity index is 3.52. The molecule has 0 atom stereocenters. The number of nitrogens with one attached hydrogen (secondary N) is 3. The van der Waals surface area contributed by atoms with Gasteiger partial charge in [0.1, 0.15) is 0 Å². The van der Waals surface area contributed by atoms with Crippen LogP contribution in [-0.2, 0) is 14.8 Å². The summed E-state index contributed by atoms with van der Waals surface area (Å²) in [5.41, 5.74) is 0. The predicted octanol–water partition coefficient (Wildman–Crippen LogP) is -0.910. The summed E-state index contributed by atoms with van der Waals surface area (Å²) in [7, 11) is -2.01. The summed E-state index contributed by atoms with van der Waals surface area (Å²) >= 11 is 0. The minimum atomic E-state index is -3.31. The lowest BCUT2D eigenvalue weighted by Gasteiger charge is -2.07. The van der Waals surface area contributed by atoms with Gasteiger partial charge in [0, 0.05) is 19.5 Å². The second-order valence-corrected chi connectivity index (χ2v) is 5.60. The molecule has 106 valence electrons. The van der Waals surface area contributed by atoms with E-state index >= 15 is 0 Å². The van der Waals surface area contributed by atoms with E-state index in [4.69, 9.17) is 5.11 Å². The summed E-state index contributed by atoms with van der Waals surface area (Å²) in [6.45, 7) is 0.377. The highest BCUT2D eigenvalue weighted by Gasteiger charge is 2.07. The Morgan fingerprint density at radius 3 is 2.28 bits per heavy atom. The second kappa shape index (κ2) is 8.70. The standard InChI is InChI=1S/C9H19N3O5S/c1-10-18(16,17)7-6-12-9(15)11-5-3-2-4-8(13)14/h10H,2-7H2,1H3,(H,13,14)(H2,11,12,15). The molecule has 0 aromatic carbocycles. The van der Waals surface area contributed by atoms with Gasteiger partial charge in [-0.2, -0.15) is 0 Å². The van der Waals surface area contributed by atoms with Gasteiger partial charge < -0.3 is 15.7 Å². The molecule has 8 nitrogen and oxygen atoms in total. The molecule has 0 aliphatic heterocycles. The number of carboxylic acid groups (broad SMARTS) is 1. The van der Waals surface area contributed by atoms with Crippen molar-refractivity contribution in [1.29, 1.82) is 0 Å². The topological polar surface area (TPSA) is 125 Å². The van der Waals surface area contributed by atoms with Crippen molar-refractivity contribution in [2.75, 3.05) is 25.9 Å². The van der Waals surface area contributed by atoms with Gasteiger partial charge in [-0.15, -0.1) is 0 Å². The first-order valence-corrected chi connectivity index (χ1v) is 7.17. The monoisotopic (exact) mass is 281 g/mol. The molecule has 0 aliphatic carbocycles. The minimum Gasteiger partial charge on any atom is -0.481 e. The van der Waals surface area contributed by atoms with Crippen LogP contribution in [0.25, 0.3) is 0 Å². The van der Waals surface area contributed by atoms with Gasteiger partial charge in [0.05, 0.1) is 5.75 Å². The molecule has 0 radical (unpaired) electrons. The SMILES string of the molecule is CNS(=O)(=O)CCNC(=O)NCCCCC(=O)O. The molecule has 0 aromatic rings. The van der Waals surface area contributed by atoms with Crippen LogP contribution in [0, 0.1) is 0 Å². The summed E-state index contributed by atoms with van der Waals surface area (Å²) in [6.07, 6.45) is 1.13. The first-order chi connectivity index (χ1) is 8.37. The average Bonchev–Trinajstić information content (AvgIpc) is 2.28. The van der Waals surface area contributed by atoms with Crippen molar-refractivity contribution in [3.8, 4) is 0 Å². The Bertz CT molecular complexity index is 368. The molecular weight excluding hydrogens is 262 g/mol. The molecule has 0 spiro atoms. The number of hydrogen-bond donors (Lipinski definition) is 4. The number of carbonyl (C=O) groups is 2. The molecule has 0 unspecified atom stereocenters. The highest BCUT2D eigenvalue weighted by Crippen LogP contribution is 1.93. The van der Waals surface area contributed by atoms with Gasteiger partial charge in [0.25, 0.3) is 0 Å². The van der Waals surface area contributed by atoms with Crippen LogP contribution in [0.2, 0.25) is 0 Å². The molecular formula is C9H19N3O5S. The number of carboxylic acids is 1. The van der Waals surface area contributed by atoms with E-state index in [0.29, 0.717) is 19.4 Å². The molecule has 0 heterocycles. The van der Waals surface area contributed by atoms with E-state index < -0.39 is 22.0 Å². The number of hydrogen-bond acceptors (Lipinski definition) is 4. The third-order valence-corrected chi connectivity index (χ3v) is 3.43. The number of carbonyl (C=O) groups excluding carboxylic acids is 1. The molecule has 0 aromatic heterocycles. The Morgan fingerprint density at radius 2 is 1.72 bits per heavy atom. The van der Waals surface area contributed by atoms with Crippen molar-refractivity contribution in [3.05, 3.63) is 0 Å². The minimum absolute atomic E-state index is 0.0180. The van der Waals surface area contributed by atoms with E-state index in [9.17, 15) is 18.0 Å². The summed E-state index contributed by atoms with van der Waals surface area (Å²) in [5.74, 6) is -1.05. The molecule has 9 heteroatoms. The third-order valence-electron chi connectivity index (χ3n) is 2.07. The maximum Gasteiger partial charge on any atom is 0.314 e. The van der Waals surface area contributed by atoms with Crippen molar-refractivity contribution < 1.29 is 23.1 Å². The molecule has 0 aliphatic rings. The first-order valence-electron chi connectivity index (χ1n) is 5.52. The first kappa shape index (κ1) is 16.6. The lowest BCUT2D eigenvalue weighted by molar-refractivity contribution is -0.137. The largest absolute Gasteiger partial charge is 0.481 e. The lowest BCUT2D eigenvalue weighted by atomic mass is 10.2. The summed E-state index contributed by atoms with van der Waals surface area (Å²) < 4.78 is 24.1. The van der Waals surface area contributed by atoms with Gasteiger partial charge in [-0.25, -0.2) is 17.9 Å². The smallest absolute Gasteiger partial charge is 0.314 e. The van der Waals surface area contributed by atoms with Crippen molar-refractivity contribution in [2.45, 2.75) is 19.3 Å². The lowest BCUT2D eigenvalue weighted by Crippen LogP contribution is -2.39. The van der Waals surface area contributed by atoms with Crippen molar-refractivity contribution in [3.63, 3.8) is 0 Å². The van der Waals surface area contributed by atoms with Gasteiger partial charge in [-0.3, -0.25) is 4.79 Å². The average molecular weight is 281 g/mol. The fraction of sp³-hybridized carbons (Fsp3) is 0.778. The Hall–Kier alpha value is -1.35.